The Morgan fingerprint density at radius 3 is 2.44 bits per heavy atom. The molecule has 0 unspecified atom stereocenters. The molecule has 1 aromatic heterocycles. The maximum Gasteiger partial charge on any atom is 0.139 e. The van der Waals surface area contributed by atoms with Crippen LogP contribution in [0.2, 0.25) is 0 Å². The summed E-state index contributed by atoms with van der Waals surface area (Å²) >= 11 is 0. The number of imidazole rings is 1. The Morgan fingerprint density at radius 1 is 1.12 bits per heavy atom. The third-order valence-corrected chi connectivity index (χ3v) is 2.12. The zero-order chi connectivity index (χ0) is 9.80. The Morgan fingerprint density at radius 2 is 1.81 bits per heavy atom. The van der Waals surface area contributed by atoms with Crippen molar-refractivity contribution in [1.29, 1.82) is 0 Å². The average Bonchev–Trinajstić information content (AvgIpc) is 2.68. The van der Waals surface area contributed by atoms with Crippen LogP contribution in [0.25, 0.3) is 11.4 Å². The molecule has 0 fully saturated rings. The first-order valence-corrected chi connectivity index (χ1v) is 4.68. The minimum Gasteiger partial charge on any atom is -1.00 e. The van der Waals surface area contributed by atoms with E-state index in [-0.39, 0.29) is 24.8 Å². The molecule has 0 aliphatic heterocycles. The van der Waals surface area contributed by atoms with Gasteiger partial charge in [0, 0.05) is 31.0 Å². The standard InChI is InChI=1S/C11H13N3.2ClH/c12-6-8-14-9-7-13-11(14)10-4-2-1-3-5-10;;/h1-5,7,9H,6,8,12H2;2*1H/p-2. The van der Waals surface area contributed by atoms with Crippen LogP contribution in [0.3, 0.4) is 0 Å². The lowest BCUT2D eigenvalue weighted by atomic mass is 10.2. The molecule has 1 aromatic carbocycles. The van der Waals surface area contributed by atoms with Gasteiger partial charge in [0.1, 0.15) is 5.82 Å². The first-order valence-electron chi connectivity index (χ1n) is 4.68. The SMILES string of the molecule is NCCn1ccnc1-c1ccccc1.[Cl-].[Cl-]. The number of hydrogen-bond donors (Lipinski definition) is 1. The third kappa shape index (κ3) is 3.23. The van der Waals surface area contributed by atoms with Crippen LogP contribution < -0.4 is 30.5 Å². The topological polar surface area (TPSA) is 43.8 Å². The minimum atomic E-state index is 0. The molecule has 16 heavy (non-hydrogen) atoms. The van der Waals surface area contributed by atoms with Gasteiger partial charge in [0.15, 0.2) is 0 Å². The molecule has 88 valence electrons. The quantitative estimate of drug-likeness (QED) is 0.603. The first-order chi connectivity index (χ1) is 6.92. The number of halogens is 2. The molecule has 1 heterocycles. The fourth-order valence-corrected chi connectivity index (χ4v) is 1.48. The molecule has 0 aliphatic carbocycles. The van der Waals surface area contributed by atoms with Gasteiger partial charge in [-0.1, -0.05) is 30.3 Å². The highest BCUT2D eigenvalue weighted by Crippen LogP contribution is 2.15. The van der Waals surface area contributed by atoms with Gasteiger partial charge in [0.05, 0.1) is 0 Å². The van der Waals surface area contributed by atoms with E-state index >= 15 is 0 Å². The van der Waals surface area contributed by atoms with Gasteiger partial charge in [0.25, 0.3) is 0 Å². The second kappa shape index (κ2) is 7.28. The summed E-state index contributed by atoms with van der Waals surface area (Å²) in [7, 11) is 0. The van der Waals surface area contributed by atoms with E-state index in [1.807, 2.05) is 24.4 Å². The molecular formula is C11H13Cl2N3-2. The molecule has 0 radical (unpaired) electrons. The maximum atomic E-state index is 5.52. The van der Waals surface area contributed by atoms with Crippen LogP contribution in [-0.2, 0) is 6.54 Å². The largest absolute Gasteiger partial charge is 1.00 e. The summed E-state index contributed by atoms with van der Waals surface area (Å²) in [6.07, 6.45) is 3.76. The van der Waals surface area contributed by atoms with Crippen molar-refractivity contribution in [1.82, 2.24) is 9.55 Å². The van der Waals surface area contributed by atoms with Crippen molar-refractivity contribution in [2.45, 2.75) is 6.54 Å². The molecular weight excluding hydrogens is 245 g/mol. The van der Waals surface area contributed by atoms with Crippen molar-refractivity contribution in [2.24, 2.45) is 5.73 Å². The van der Waals surface area contributed by atoms with E-state index in [2.05, 4.69) is 21.7 Å². The average molecular weight is 258 g/mol. The fourth-order valence-electron chi connectivity index (χ4n) is 1.48. The molecule has 0 amide bonds. The van der Waals surface area contributed by atoms with Crippen LogP contribution in [0.1, 0.15) is 0 Å². The van der Waals surface area contributed by atoms with Crippen LogP contribution in [0, 0.1) is 0 Å². The predicted molar refractivity (Wildman–Crippen MR) is 56.7 cm³/mol. The van der Waals surface area contributed by atoms with E-state index in [0.29, 0.717) is 6.54 Å². The lowest BCUT2D eigenvalue weighted by Gasteiger charge is -2.05. The van der Waals surface area contributed by atoms with Crippen LogP contribution >= 0.6 is 0 Å². The molecule has 0 spiro atoms. The normalized spacial score (nSPS) is 9.06. The predicted octanol–water partition coefficient (Wildman–Crippen LogP) is -4.48. The van der Waals surface area contributed by atoms with Crippen molar-refractivity contribution in [3.63, 3.8) is 0 Å². The number of nitrogens with zero attached hydrogens (tertiary/aromatic N) is 2. The highest BCUT2D eigenvalue weighted by Gasteiger charge is 2.03. The van der Waals surface area contributed by atoms with E-state index in [1.165, 1.54) is 0 Å². The van der Waals surface area contributed by atoms with Crippen molar-refractivity contribution in [3.8, 4) is 11.4 Å². The summed E-state index contributed by atoms with van der Waals surface area (Å²) in [4.78, 5) is 4.31. The summed E-state index contributed by atoms with van der Waals surface area (Å²) in [5, 5.41) is 0. The molecule has 2 aromatic rings. The summed E-state index contributed by atoms with van der Waals surface area (Å²) in [6, 6.07) is 10.1. The Hall–Kier alpha value is -1.03. The van der Waals surface area contributed by atoms with Crippen LogP contribution in [0.4, 0.5) is 0 Å². The van der Waals surface area contributed by atoms with E-state index in [9.17, 15) is 0 Å². The minimum absolute atomic E-state index is 0. The van der Waals surface area contributed by atoms with Crippen molar-refractivity contribution in [2.75, 3.05) is 6.54 Å². The van der Waals surface area contributed by atoms with Crippen LogP contribution in [0.5, 0.6) is 0 Å². The van der Waals surface area contributed by atoms with Crippen molar-refractivity contribution >= 4 is 0 Å². The van der Waals surface area contributed by atoms with E-state index in [4.69, 9.17) is 5.73 Å². The summed E-state index contributed by atoms with van der Waals surface area (Å²) in [5.41, 5.74) is 6.65. The molecule has 0 bridgehead atoms. The molecule has 2 rings (SSSR count). The molecule has 0 saturated carbocycles. The zero-order valence-electron chi connectivity index (χ0n) is 8.68. The van der Waals surface area contributed by atoms with E-state index < -0.39 is 0 Å². The number of hydrogen-bond acceptors (Lipinski definition) is 2. The molecule has 0 saturated heterocycles. The zero-order valence-corrected chi connectivity index (χ0v) is 10.2. The van der Waals surface area contributed by atoms with Gasteiger partial charge in [-0.25, -0.2) is 4.98 Å². The lowest BCUT2D eigenvalue weighted by Crippen LogP contribution is -3.00. The molecule has 5 heteroatoms. The maximum absolute atomic E-state index is 5.52. The number of aromatic nitrogens is 2. The molecule has 0 aliphatic rings. The van der Waals surface area contributed by atoms with Gasteiger partial charge in [0.2, 0.25) is 0 Å². The van der Waals surface area contributed by atoms with Crippen LogP contribution in [0.15, 0.2) is 42.7 Å². The smallest absolute Gasteiger partial charge is 0.139 e. The molecule has 3 nitrogen and oxygen atoms in total. The highest BCUT2D eigenvalue weighted by atomic mass is 35.5. The van der Waals surface area contributed by atoms with E-state index in [0.717, 1.165) is 17.9 Å². The van der Waals surface area contributed by atoms with Gasteiger partial charge < -0.3 is 35.1 Å². The van der Waals surface area contributed by atoms with Gasteiger partial charge in [-0.2, -0.15) is 0 Å². The summed E-state index contributed by atoms with van der Waals surface area (Å²) < 4.78 is 2.06. The Labute approximate surface area is 108 Å². The fraction of sp³-hybridized carbons (Fsp3) is 0.182. The Kier molecular flexibility index (Phi) is 6.81. The summed E-state index contributed by atoms with van der Waals surface area (Å²) in [6.45, 7) is 1.44. The second-order valence-electron chi connectivity index (χ2n) is 3.10. The van der Waals surface area contributed by atoms with Gasteiger partial charge in [-0.05, 0) is 0 Å². The summed E-state index contributed by atoms with van der Waals surface area (Å²) in [5.74, 6) is 0.982. The van der Waals surface area contributed by atoms with Gasteiger partial charge in [-0.15, -0.1) is 0 Å². The van der Waals surface area contributed by atoms with Crippen molar-refractivity contribution in [3.05, 3.63) is 42.7 Å². The first kappa shape index (κ1) is 15.0. The highest BCUT2D eigenvalue weighted by molar-refractivity contribution is 5.54. The van der Waals surface area contributed by atoms with Gasteiger partial charge in [-0.3, -0.25) is 0 Å². The van der Waals surface area contributed by atoms with Crippen molar-refractivity contribution < 1.29 is 24.8 Å². The molecule has 2 N–H and O–H groups in total. The lowest BCUT2D eigenvalue weighted by molar-refractivity contribution is -0.00100. The third-order valence-electron chi connectivity index (χ3n) is 2.12. The Balaban J connectivity index is 0.00000112. The van der Waals surface area contributed by atoms with E-state index in [1.54, 1.807) is 6.20 Å². The monoisotopic (exact) mass is 257 g/mol. The Bertz CT molecular complexity index is 401. The second-order valence-corrected chi connectivity index (χ2v) is 3.10. The molecule has 0 atom stereocenters. The number of rotatable bonds is 3. The number of benzene rings is 1. The number of nitrogens with two attached hydrogens (primary N) is 1. The van der Waals surface area contributed by atoms with Crippen LogP contribution in [-0.4, -0.2) is 16.1 Å². The van der Waals surface area contributed by atoms with Gasteiger partial charge >= 0.3 is 0 Å².